The predicted molar refractivity (Wildman–Crippen MR) is 69.2 cm³/mol. The van der Waals surface area contributed by atoms with E-state index in [4.69, 9.17) is 27.6 Å². The van der Waals surface area contributed by atoms with Gasteiger partial charge in [0.25, 0.3) is 5.69 Å². The van der Waals surface area contributed by atoms with Crippen LogP contribution in [0.25, 0.3) is 0 Å². The highest BCUT2D eigenvalue weighted by molar-refractivity contribution is 6.39. The maximum atomic E-state index is 10.6. The molecule has 0 aliphatic heterocycles. The number of furan rings is 1. The molecule has 0 saturated carbocycles. The first kappa shape index (κ1) is 12.7. The second-order valence-electron chi connectivity index (χ2n) is 3.47. The third kappa shape index (κ3) is 2.75. The number of benzene rings is 1. The van der Waals surface area contributed by atoms with Crippen LogP contribution in [0.3, 0.4) is 0 Å². The number of anilines is 1. The van der Waals surface area contributed by atoms with Crippen molar-refractivity contribution in [2.24, 2.45) is 0 Å². The van der Waals surface area contributed by atoms with Crippen LogP contribution in [0.2, 0.25) is 10.0 Å². The molecule has 1 heterocycles. The zero-order valence-electron chi connectivity index (χ0n) is 9.02. The Labute approximate surface area is 112 Å². The molecule has 0 fully saturated rings. The minimum atomic E-state index is -0.548. The second kappa shape index (κ2) is 5.29. The van der Waals surface area contributed by atoms with Gasteiger partial charge in [0.05, 0.1) is 33.5 Å². The maximum Gasteiger partial charge on any atom is 0.272 e. The Hall–Kier alpha value is -1.72. The maximum absolute atomic E-state index is 10.6. The highest BCUT2D eigenvalue weighted by Gasteiger charge is 2.14. The van der Waals surface area contributed by atoms with Gasteiger partial charge < -0.3 is 9.73 Å². The summed E-state index contributed by atoms with van der Waals surface area (Å²) in [6.45, 7) is 0.393. The Bertz CT molecular complexity index is 547. The van der Waals surface area contributed by atoms with Crippen molar-refractivity contribution in [2.45, 2.75) is 6.54 Å². The number of rotatable bonds is 4. The van der Waals surface area contributed by atoms with Crippen molar-refractivity contribution in [3.8, 4) is 0 Å². The lowest BCUT2D eigenvalue weighted by Gasteiger charge is -2.08. The number of nitrogens with zero attached hydrogens (tertiary/aromatic N) is 1. The second-order valence-corrected chi connectivity index (χ2v) is 4.29. The first-order valence-corrected chi connectivity index (χ1v) is 5.73. The molecule has 94 valence electrons. The normalized spacial score (nSPS) is 10.3. The van der Waals surface area contributed by atoms with E-state index in [9.17, 15) is 10.1 Å². The summed E-state index contributed by atoms with van der Waals surface area (Å²) in [6, 6.07) is 6.05. The van der Waals surface area contributed by atoms with Gasteiger partial charge in [-0.15, -0.1) is 0 Å². The van der Waals surface area contributed by atoms with Crippen molar-refractivity contribution in [3.63, 3.8) is 0 Å². The predicted octanol–water partition coefficient (Wildman–Crippen LogP) is 4.11. The van der Waals surface area contributed by atoms with Crippen molar-refractivity contribution < 1.29 is 9.34 Å². The summed E-state index contributed by atoms with van der Waals surface area (Å²) in [5, 5.41) is 14.0. The lowest BCUT2D eigenvalue weighted by Crippen LogP contribution is -2.00. The summed E-state index contributed by atoms with van der Waals surface area (Å²) < 4.78 is 5.14. The number of nitrogens with one attached hydrogen (secondary N) is 1. The lowest BCUT2D eigenvalue weighted by molar-refractivity contribution is -0.384. The Balaban J connectivity index is 2.20. The van der Waals surface area contributed by atoms with Crippen molar-refractivity contribution >= 4 is 34.6 Å². The van der Waals surface area contributed by atoms with Crippen LogP contribution in [0.4, 0.5) is 11.4 Å². The van der Waals surface area contributed by atoms with E-state index in [-0.39, 0.29) is 15.7 Å². The molecule has 2 aromatic rings. The van der Waals surface area contributed by atoms with Gasteiger partial charge in [-0.2, -0.15) is 0 Å². The van der Waals surface area contributed by atoms with E-state index in [2.05, 4.69) is 5.32 Å². The van der Waals surface area contributed by atoms with Gasteiger partial charge in [-0.25, -0.2) is 0 Å². The molecule has 2 rings (SSSR count). The summed E-state index contributed by atoms with van der Waals surface area (Å²) in [4.78, 5) is 10.1. The SMILES string of the molecule is O=[N+]([O-])c1cc(Cl)c(NCc2ccco2)c(Cl)c1. The molecule has 1 N–H and O–H groups in total. The Morgan fingerprint density at radius 1 is 1.33 bits per heavy atom. The fraction of sp³-hybridized carbons (Fsp3) is 0.0909. The first-order chi connectivity index (χ1) is 8.58. The third-order valence-corrected chi connectivity index (χ3v) is 2.85. The molecule has 0 aliphatic carbocycles. The van der Waals surface area contributed by atoms with Gasteiger partial charge in [0.2, 0.25) is 0 Å². The van der Waals surface area contributed by atoms with Crippen LogP contribution in [-0.2, 0) is 6.54 Å². The zero-order valence-corrected chi connectivity index (χ0v) is 10.5. The third-order valence-electron chi connectivity index (χ3n) is 2.26. The summed E-state index contributed by atoms with van der Waals surface area (Å²) in [5.74, 6) is 0.709. The standard InChI is InChI=1S/C11H8Cl2N2O3/c12-9-4-7(15(16)17)5-10(13)11(9)14-6-8-2-1-3-18-8/h1-5,14H,6H2. The molecule has 5 nitrogen and oxygen atoms in total. The van der Waals surface area contributed by atoms with Crippen LogP contribution >= 0.6 is 23.2 Å². The van der Waals surface area contributed by atoms with Gasteiger partial charge in [0.1, 0.15) is 5.76 Å². The topological polar surface area (TPSA) is 68.3 Å². The van der Waals surface area contributed by atoms with Crippen LogP contribution in [0.15, 0.2) is 34.9 Å². The summed E-state index contributed by atoms with van der Waals surface area (Å²) >= 11 is 11.9. The molecule has 0 radical (unpaired) electrons. The Kier molecular flexibility index (Phi) is 3.74. The minimum Gasteiger partial charge on any atom is -0.467 e. The van der Waals surface area contributed by atoms with Crippen molar-refractivity contribution in [1.29, 1.82) is 0 Å². The fourth-order valence-electron chi connectivity index (χ4n) is 1.42. The fourth-order valence-corrected chi connectivity index (χ4v) is 2.03. The van der Waals surface area contributed by atoms with Gasteiger partial charge in [-0.1, -0.05) is 23.2 Å². The van der Waals surface area contributed by atoms with Gasteiger partial charge >= 0.3 is 0 Å². The number of nitro groups is 1. The molecule has 0 unspecified atom stereocenters. The van der Waals surface area contributed by atoms with Gasteiger partial charge in [0.15, 0.2) is 0 Å². The molecule has 0 spiro atoms. The average molecular weight is 287 g/mol. The smallest absolute Gasteiger partial charge is 0.272 e. The molecule has 18 heavy (non-hydrogen) atoms. The van der Waals surface area contributed by atoms with Crippen LogP contribution in [0.1, 0.15) is 5.76 Å². The molecule has 0 saturated heterocycles. The van der Waals surface area contributed by atoms with Crippen LogP contribution in [0, 0.1) is 10.1 Å². The lowest BCUT2D eigenvalue weighted by atomic mass is 10.2. The van der Waals surface area contributed by atoms with Crippen molar-refractivity contribution in [2.75, 3.05) is 5.32 Å². The van der Waals surface area contributed by atoms with E-state index in [1.54, 1.807) is 18.4 Å². The van der Waals surface area contributed by atoms with E-state index in [1.807, 2.05) is 0 Å². The molecule has 0 bridgehead atoms. The molecule has 0 atom stereocenters. The van der Waals surface area contributed by atoms with Gasteiger partial charge in [0, 0.05) is 12.1 Å². The monoisotopic (exact) mass is 286 g/mol. The average Bonchev–Trinajstić information content (AvgIpc) is 2.80. The van der Waals surface area contributed by atoms with Crippen LogP contribution < -0.4 is 5.32 Å². The molecular formula is C11H8Cl2N2O3. The van der Waals surface area contributed by atoms with E-state index in [1.165, 1.54) is 12.1 Å². The van der Waals surface area contributed by atoms with E-state index < -0.39 is 4.92 Å². The molecule has 0 amide bonds. The highest BCUT2D eigenvalue weighted by atomic mass is 35.5. The Morgan fingerprint density at radius 2 is 2.00 bits per heavy atom. The van der Waals surface area contributed by atoms with Gasteiger partial charge in [-0.3, -0.25) is 10.1 Å². The quantitative estimate of drug-likeness (QED) is 0.678. The van der Waals surface area contributed by atoms with E-state index in [0.717, 1.165) is 0 Å². The summed E-state index contributed by atoms with van der Waals surface area (Å²) in [6.07, 6.45) is 1.55. The minimum absolute atomic E-state index is 0.145. The molecular weight excluding hydrogens is 279 g/mol. The largest absolute Gasteiger partial charge is 0.467 e. The van der Waals surface area contributed by atoms with E-state index >= 15 is 0 Å². The summed E-state index contributed by atoms with van der Waals surface area (Å²) in [7, 11) is 0. The van der Waals surface area contributed by atoms with Crippen molar-refractivity contribution in [3.05, 3.63) is 56.4 Å². The van der Waals surface area contributed by atoms with Crippen molar-refractivity contribution in [1.82, 2.24) is 0 Å². The highest BCUT2D eigenvalue weighted by Crippen LogP contribution is 2.34. The van der Waals surface area contributed by atoms with Crippen LogP contribution in [0.5, 0.6) is 0 Å². The molecule has 1 aromatic heterocycles. The zero-order chi connectivity index (χ0) is 13.1. The number of hydrogen-bond acceptors (Lipinski definition) is 4. The molecule has 1 aromatic carbocycles. The number of halogens is 2. The molecule has 0 aliphatic rings. The Morgan fingerprint density at radius 3 is 2.50 bits per heavy atom. The number of non-ortho nitro benzene ring substituents is 1. The molecule has 7 heteroatoms. The van der Waals surface area contributed by atoms with E-state index in [0.29, 0.717) is 18.0 Å². The van der Waals surface area contributed by atoms with Crippen LogP contribution in [-0.4, -0.2) is 4.92 Å². The number of nitro benzene ring substituents is 1. The van der Waals surface area contributed by atoms with Gasteiger partial charge in [-0.05, 0) is 12.1 Å². The number of hydrogen-bond donors (Lipinski definition) is 1. The summed E-state index contributed by atoms with van der Waals surface area (Å²) in [5.41, 5.74) is 0.300. The first-order valence-electron chi connectivity index (χ1n) is 4.97.